The molecule has 5 nitrogen and oxygen atoms in total. The molecular weight excluding hydrogens is 314 g/mol. The van der Waals surface area contributed by atoms with Crippen LogP contribution in [0.25, 0.3) is 0 Å². The zero-order valence-corrected chi connectivity index (χ0v) is 12.8. The second kappa shape index (κ2) is 7.15. The third-order valence-electron chi connectivity index (χ3n) is 3.58. The highest BCUT2D eigenvalue weighted by Crippen LogP contribution is 2.17. The molecule has 1 saturated carbocycles. The highest BCUT2D eigenvalue weighted by atomic mass is 32.2. The second-order valence-corrected chi connectivity index (χ2v) is 7.04. The van der Waals surface area contributed by atoms with Gasteiger partial charge in [-0.1, -0.05) is 19.3 Å². The normalized spacial score (nSPS) is 16.5. The standard InChI is InChI=1S/C14H18F2N2O3S/c15-10-6-7-13(12(16)8-10)22(20,21)17-9-14(19)18-11-4-2-1-3-5-11/h6-8,11,17H,1-5,9H2,(H,18,19). The molecule has 0 radical (unpaired) electrons. The minimum absolute atomic E-state index is 0.0633. The molecule has 22 heavy (non-hydrogen) atoms. The fraction of sp³-hybridized carbons (Fsp3) is 0.500. The summed E-state index contributed by atoms with van der Waals surface area (Å²) in [6.45, 7) is -0.477. The Balaban J connectivity index is 1.93. The van der Waals surface area contributed by atoms with Crippen LogP contribution in [0.4, 0.5) is 8.78 Å². The smallest absolute Gasteiger partial charge is 0.243 e. The van der Waals surface area contributed by atoms with Gasteiger partial charge in [0, 0.05) is 12.1 Å². The van der Waals surface area contributed by atoms with Gasteiger partial charge in [-0.3, -0.25) is 4.79 Å². The van der Waals surface area contributed by atoms with E-state index in [2.05, 4.69) is 5.32 Å². The van der Waals surface area contributed by atoms with E-state index < -0.39 is 39.0 Å². The number of rotatable bonds is 5. The maximum absolute atomic E-state index is 13.5. The summed E-state index contributed by atoms with van der Waals surface area (Å²) in [4.78, 5) is 11.1. The van der Waals surface area contributed by atoms with Gasteiger partial charge in [0.25, 0.3) is 0 Å². The number of hydrogen-bond acceptors (Lipinski definition) is 3. The molecular formula is C14H18F2N2O3S. The molecule has 2 N–H and O–H groups in total. The molecule has 0 saturated heterocycles. The molecule has 1 aromatic rings. The first-order chi connectivity index (χ1) is 10.4. The summed E-state index contributed by atoms with van der Waals surface area (Å²) in [5, 5.41) is 2.75. The predicted octanol–water partition coefficient (Wildman–Crippen LogP) is 1.69. The Bertz CT molecular complexity index is 643. The maximum Gasteiger partial charge on any atom is 0.243 e. The first kappa shape index (κ1) is 16.8. The third-order valence-corrected chi connectivity index (χ3v) is 5.01. The van der Waals surface area contributed by atoms with E-state index in [1.54, 1.807) is 0 Å². The van der Waals surface area contributed by atoms with Crippen molar-refractivity contribution in [3.8, 4) is 0 Å². The van der Waals surface area contributed by atoms with Crippen LogP contribution >= 0.6 is 0 Å². The molecule has 0 spiro atoms. The van der Waals surface area contributed by atoms with Crippen molar-refractivity contribution in [2.45, 2.75) is 43.0 Å². The summed E-state index contributed by atoms with van der Waals surface area (Å²) >= 11 is 0. The monoisotopic (exact) mass is 332 g/mol. The summed E-state index contributed by atoms with van der Waals surface area (Å²) in [5.41, 5.74) is 0. The zero-order valence-electron chi connectivity index (χ0n) is 11.9. The number of carbonyl (C=O) groups is 1. The van der Waals surface area contributed by atoms with Crippen LogP contribution in [0.1, 0.15) is 32.1 Å². The first-order valence-corrected chi connectivity index (χ1v) is 8.61. The van der Waals surface area contributed by atoms with Gasteiger partial charge in [0.05, 0.1) is 6.54 Å². The minimum Gasteiger partial charge on any atom is -0.352 e. The Kier molecular flexibility index (Phi) is 5.47. The van der Waals surface area contributed by atoms with E-state index >= 15 is 0 Å². The van der Waals surface area contributed by atoms with Gasteiger partial charge in [0.2, 0.25) is 15.9 Å². The van der Waals surface area contributed by atoms with Crippen LogP contribution in [0, 0.1) is 11.6 Å². The van der Waals surface area contributed by atoms with Gasteiger partial charge in [-0.2, -0.15) is 0 Å². The van der Waals surface area contributed by atoms with Crippen LogP contribution in [0.5, 0.6) is 0 Å². The van der Waals surface area contributed by atoms with Crippen LogP contribution in [-0.2, 0) is 14.8 Å². The number of amides is 1. The molecule has 1 aliphatic rings. The molecule has 0 unspecified atom stereocenters. The molecule has 0 heterocycles. The Morgan fingerprint density at radius 1 is 1.18 bits per heavy atom. The lowest BCUT2D eigenvalue weighted by Gasteiger charge is -2.22. The van der Waals surface area contributed by atoms with Crippen LogP contribution in [0.2, 0.25) is 0 Å². The van der Waals surface area contributed by atoms with Crippen molar-refractivity contribution in [2.24, 2.45) is 0 Å². The summed E-state index contributed by atoms with van der Waals surface area (Å²) in [5.74, 6) is -2.52. The van der Waals surface area contributed by atoms with Gasteiger partial charge in [-0.05, 0) is 25.0 Å². The lowest BCUT2D eigenvalue weighted by Crippen LogP contribution is -2.42. The van der Waals surface area contributed by atoms with E-state index in [9.17, 15) is 22.0 Å². The number of hydrogen-bond donors (Lipinski definition) is 2. The molecule has 0 atom stereocenters. The predicted molar refractivity (Wildman–Crippen MR) is 76.6 cm³/mol. The fourth-order valence-electron chi connectivity index (χ4n) is 2.46. The Labute approximate surface area is 128 Å². The van der Waals surface area contributed by atoms with E-state index in [0.717, 1.165) is 44.2 Å². The quantitative estimate of drug-likeness (QED) is 0.862. The summed E-state index contributed by atoms with van der Waals surface area (Å²) in [6.07, 6.45) is 4.98. The van der Waals surface area contributed by atoms with Crippen LogP contribution in [0.3, 0.4) is 0 Å². The molecule has 0 aliphatic heterocycles. The first-order valence-electron chi connectivity index (χ1n) is 7.12. The van der Waals surface area contributed by atoms with E-state index in [1.165, 1.54) is 0 Å². The van der Waals surface area contributed by atoms with Crippen molar-refractivity contribution in [1.82, 2.24) is 10.0 Å². The van der Waals surface area contributed by atoms with Crippen molar-refractivity contribution >= 4 is 15.9 Å². The minimum atomic E-state index is -4.20. The molecule has 2 rings (SSSR count). The Morgan fingerprint density at radius 2 is 1.86 bits per heavy atom. The van der Waals surface area contributed by atoms with Crippen molar-refractivity contribution in [2.75, 3.05) is 6.54 Å². The second-order valence-electron chi connectivity index (χ2n) is 5.30. The molecule has 0 aromatic heterocycles. The molecule has 1 aromatic carbocycles. The van der Waals surface area contributed by atoms with Gasteiger partial charge >= 0.3 is 0 Å². The van der Waals surface area contributed by atoms with Crippen molar-refractivity contribution < 1.29 is 22.0 Å². The number of carbonyl (C=O) groups excluding carboxylic acids is 1. The SMILES string of the molecule is O=C(CNS(=O)(=O)c1ccc(F)cc1F)NC1CCCCC1. The number of nitrogens with one attached hydrogen (secondary N) is 2. The highest BCUT2D eigenvalue weighted by molar-refractivity contribution is 7.89. The van der Waals surface area contributed by atoms with Gasteiger partial charge in [-0.25, -0.2) is 21.9 Å². The summed E-state index contributed by atoms with van der Waals surface area (Å²) < 4.78 is 52.1. The Hall–Kier alpha value is -1.54. The van der Waals surface area contributed by atoms with Crippen LogP contribution in [0.15, 0.2) is 23.1 Å². The molecule has 0 bridgehead atoms. The lowest BCUT2D eigenvalue weighted by molar-refractivity contribution is -0.120. The number of benzene rings is 1. The molecule has 1 fully saturated rings. The van der Waals surface area contributed by atoms with E-state index in [1.807, 2.05) is 4.72 Å². The largest absolute Gasteiger partial charge is 0.352 e. The average molecular weight is 332 g/mol. The fourth-order valence-corrected chi connectivity index (χ4v) is 3.50. The highest BCUT2D eigenvalue weighted by Gasteiger charge is 2.21. The van der Waals surface area contributed by atoms with E-state index in [4.69, 9.17) is 0 Å². The molecule has 122 valence electrons. The van der Waals surface area contributed by atoms with Gasteiger partial charge in [0.15, 0.2) is 0 Å². The number of halogens is 2. The zero-order chi connectivity index (χ0) is 16.2. The van der Waals surface area contributed by atoms with Crippen LogP contribution < -0.4 is 10.0 Å². The van der Waals surface area contributed by atoms with Gasteiger partial charge in [0.1, 0.15) is 16.5 Å². The molecule has 1 amide bonds. The Morgan fingerprint density at radius 3 is 2.50 bits per heavy atom. The van der Waals surface area contributed by atoms with E-state index in [0.29, 0.717) is 6.07 Å². The summed E-state index contributed by atoms with van der Waals surface area (Å²) in [6, 6.07) is 2.22. The average Bonchev–Trinajstić information content (AvgIpc) is 2.46. The molecule has 8 heteroatoms. The van der Waals surface area contributed by atoms with Crippen molar-refractivity contribution in [3.63, 3.8) is 0 Å². The van der Waals surface area contributed by atoms with Crippen molar-refractivity contribution in [3.05, 3.63) is 29.8 Å². The molecule has 1 aliphatic carbocycles. The van der Waals surface area contributed by atoms with Gasteiger partial charge < -0.3 is 5.32 Å². The number of sulfonamides is 1. The van der Waals surface area contributed by atoms with Crippen molar-refractivity contribution in [1.29, 1.82) is 0 Å². The van der Waals surface area contributed by atoms with E-state index in [-0.39, 0.29) is 6.04 Å². The van der Waals surface area contributed by atoms with Crippen LogP contribution in [-0.4, -0.2) is 26.9 Å². The topological polar surface area (TPSA) is 75.3 Å². The summed E-state index contributed by atoms with van der Waals surface area (Å²) in [7, 11) is -4.20. The maximum atomic E-state index is 13.5. The van der Waals surface area contributed by atoms with Gasteiger partial charge in [-0.15, -0.1) is 0 Å². The third kappa shape index (κ3) is 4.48. The lowest BCUT2D eigenvalue weighted by atomic mass is 9.95.